The number of carbonyl (C=O) groups is 1. The van der Waals surface area contributed by atoms with Crippen molar-refractivity contribution in [3.63, 3.8) is 0 Å². The van der Waals surface area contributed by atoms with Crippen molar-refractivity contribution in [2.24, 2.45) is 5.14 Å². The summed E-state index contributed by atoms with van der Waals surface area (Å²) in [6, 6.07) is 0. The number of hydrogen-bond acceptors (Lipinski definition) is 6. The summed E-state index contributed by atoms with van der Waals surface area (Å²) in [4.78, 5) is 19.7. The third-order valence-corrected chi connectivity index (χ3v) is 3.19. The summed E-state index contributed by atoms with van der Waals surface area (Å²) in [6.07, 6.45) is 4.07. The maximum atomic E-state index is 11.7. The molecule has 1 aromatic heterocycles. The lowest BCUT2D eigenvalue weighted by Gasteiger charge is -2.05. The molecule has 0 aliphatic carbocycles. The standard InChI is InChI=1S/C11H19N5O3S/c1-2-4-13-10-8-15-9(7-16-10)11(17)14-5-3-6-20(12,18)19/h7-8H,2-6H2,1H3,(H,13,16)(H,14,17)(H2,12,18,19). The molecule has 0 aliphatic heterocycles. The Morgan fingerprint density at radius 3 is 2.60 bits per heavy atom. The molecule has 0 radical (unpaired) electrons. The van der Waals surface area contributed by atoms with Gasteiger partial charge in [-0.05, 0) is 12.8 Å². The number of primary sulfonamides is 1. The van der Waals surface area contributed by atoms with E-state index < -0.39 is 15.9 Å². The van der Waals surface area contributed by atoms with Gasteiger partial charge in [0.2, 0.25) is 10.0 Å². The van der Waals surface area contributed by atoms with Crippen LogP contribution in [-0.2, 0) is 10.0 Å². The Morgan fingerprint density at radius 1 is 1.30 bits per heavy atom. The minimum Gasteiger partial charge on any atom is -0.369 e. The lowest BCUT2D eigenvalue weighted by Crippen LogP contribution is -2.28. The number of nitrogens with zero attached hydrogens (tertiary/aromatic N) is 2. The molecule has 0 aromatic carbocycles. The second-order valence-electron chi connectivity index (χ2n) is 4.19. The van der Waals surface area contributed by atoms with Crippen LogP contribution in [0.25, 0.3) is 0 Å². The van der Waals surface area contributed by atoms with Crippen molar-refractivity contribution in [2.75, 3.05) is 24.2 Å². The van der Waals surface area contributed by atoms with Crippen LogP contribution in [0.5, 0.6) is 0 Å². The van der Waals surface area contributed by atoms with Crippen LogP contribution in [0.3, 0.4) is 0 Å². The monoisotopic (exact) mass is 301 g/mol. The topological polar surface area (TPSA) is 127 Å². The molecule has 0 fully saturated rings. The number of nitrogens with two attached hydrogens (primary N) is 1. The Balaban J connectivity index is 2.39. The molecule has 1 rings (SSSR count). The van der Waals surface area contributed by atoms with Crippen LogP contribution < -0.4 is 15.8 Å². The normalized spacial score (nSPS) is 11.1. The second kappa shape index (κ2) is 7.75. The van der Waals surface area contributed by atoms with Gasteiger partial charge in [-0.3, -0.25) is 4.79 Å². The van der Waals surface area contributed by atoms with Gasteiger partial charge in [0, 0.05) is 13.1 Å². The number of aromatic nitrogens is 2. The maximum absolute atomic E-state index is 11.7. The first kappa shape index (κ1) is 16.3. The van der Waals surface area contributed by atoms with Crippen molar-refractivity contribution < 1.29 is 13.2 Å². The van der Waals surface area contributed by atoms with Crippen LogP contribution in [0.4, 0.5) is 5.82 Å². The third kappa shape index (κ3) is 6.43. The fourth-order valence-electron chi connectivity index (χ4n) is 1.36. The second-order valence-corrected chi connectivity index (χ2v) is 5.92. The Morgan fingerprint density at radius 2 is 2.05 bits per heavy atom. The Labute approximate surface area is 118 Å². The van der Waals surface area contributed by atoms with Gasteiger partial charge in [-0.2, -0.15) is 0 Å². The van der Waals surface area contributed by atoms with Crippen molar-refractivity contribution in [1.82, 2.24) is 15.3 Å². The molecule has 8 nitrogen and oxygen atoms in total. The molecule has 1 heterocycles. The van der Waals surface area contributed by atoms with Gasteiger partial charge in [-0.25, -0.2) is 23.5 Å². The Kier molecular flexibility index (Phi) is 6.32. The first-order chi connectivity index (χ1) is 9.42. The van der Waals surface area contributed by atoms with Gasteiger partial charge in [-0.15, -0.1) is 0 Å². The molecule has 0 spiro atoms. The van der Waals surface area contributed by atoms with E-state index in [-0.39, 0.29) is 24.4 Å². The minimum atomic E-state index is -3.49. The van der Waals surface area contributed by atoms with E-state index in [1.807, 2.05) is 6.92 Å². The largest absolute Gasteiger partial charge is 0.369 e. The number of anilines is 1. The molecule has 4 N–H and O–H groups in total. The van der Waals surface area contributed by atoms with Crippen molar-refractivity contribution in [1.29, 1.82) is 0 Å². The molecule has 1 aromatic rings. The van der Waals surface area contributed by atoms with Gasteiger partial charge in [-0.1, -0.05) is 6.92 Å². The SMILES string of the molecule is CCCNc1cnc(C(=O)NCCCS(N)(=O)=O)cn1. The highest BCUT2D eigenvalue weighted by Gasteiger charge is 2.08. The Hall–Kier alpha value is -1.74. The number of amides is 1. The first-order valence-corrected chi connectivity index (χ1v) is 7.98. The van der Waals surface area contributed by atoms with Crippen molar-refractivity contribution >= 4 is 21.7 Å². The van der Waals surface area contributed by atoms with E-state index >= 15 is 0 Å². The van der Waals surface area contributed by atoms with Gasteiger partial charge >= 0.3 is 0 Å². The molecule has 0 bridgehead atoms. The van der Waals surface area contributed by atoms with Crippen LogP contribution in [0.2, 0.25) is 0 Å². The van der Waals surface area contributed by atoms with Crippen LogP contribution in [0.15, 0.2) is 12.4 Å². The summed E-state index contributed by atoms with van der Waals surface area (Å²) in [7, 11) is -3.49. The van der Waals surface area contributed by atoms with Gasteiger partial charge in [0.15, 0.2) is 0 Å². The maximum Gasteiger partial charge on any atom is 0.271 e. The molecule has 9 heteroatoms. The molecular weight excluding hydrogens is 282 g/mol. The molecule has 0 aliphatic rings. The molecule has 0 saturated carbocycles. The highest BCUT2D eigenvalue weighted by molar-refractivity contribution is 7.89. The molecule has 0 saturated heterocycles. The number of nitrogens with one attached hydrogen (secondary N) is 2. The van der Waals surface area contributed by atoms with Crippen molar-refractivity contribution in [2.45, 2.75) is 19.8 Å². The molecule has 20 heavy (non-hydrogen) atoms. The fraction of sp³-hybridized carbons (Fsp3) is 0.545. The van der Waals surface area contributed by atoms with E-state index in [9.17, 15) is 13.2 Å². The van der Waals surface area contributed by atoms with E-state index in [4.69, 9.17) is 5.14 Å². The zero-order chi connectivity index (χ0) is 15.0. The summed E-state index contributed by atoms with van der Waals surface area (Å²) >= 11 is 0. The molecule has 0 unspecified atom stereocenters. The van der Waals surface area contributed by atoms with E-state index in [1.54, 1.807) is 0 Å². The van der Waals surface area contributed by atoms with Gasteiger partial charge < -0.3 is 10.6 Å². The predicted octanol–water partition coefficient (Wildman–Crippen LogP) is -0.293. The van der Waals surface area contributed by atoms with E-state index in [1.165, 1.54) is 12.4 Å². The van der Waals surface area contributed by atoms with Crippen LogP contribution >= 0.6 is 0 Å². The van der Waals surface area contributed by atoms with Crippen molar-refractivity contribution in [3.05, 3.63) is 18.1 Å². The summed E-state index contributed by atoms with van der Waals surface area (Å²) in [5.74, 6) is 0.0466. The summed E-state index contributed by atoms with van der Waals surface area (Å²) < 4.78 is 21.4. The lowest BCUT2D eigenvalue weighted by atomic mass is 10.4. The Bertz CT molecular complexity index is 529. The zero-order valence-electron chi connectivity index (χ0n) is 11.3. The van der Waals surface area contributed by atoms with E-state index in [0.717, 1.165) is 13.0 Å². The highest BCUT2D eigenvalue weighted by atomic mass is 32.2. The molecule has 112 valence electrons. The van der Waals surface area contributed by atoms with E-state index in [2.05, 4.69) is 20.6 Å². The quantitative estimate of drug-likeness (QED) is 0.566. The van der Waals surface area contributed by atoms with Crippen LogP contribution in [0, 0.1) is 0 Å². The number of sulfonamides is 1. The predicted molar refractivity (Wildman–Crippen MR) is 75.7 cm³/mol. The molecular formula is C11H19N5O3S. The average molecular weight is 301 g/mol. The van der Waals surface area contributed by atoms with Gasteiger partial charge in [0.05, 0.1) is 18.1 Å². The van der Waals surface area contributed by atoms with Gasteiger partial charge in [0.1, 0.15) is 11.5 Å². The van der Waals surface area contributed by atoms with E-state index in [0.29, 0.717) is 5.82 Å². The number of rotatable bonds is 8. The van der Waals surface area contributed by atoms with Crippen molar-refractivity contribution in [3.8, 4) is 0 Å². The summed E-state index contributed by atoms with van der Waals surface area (Å²) in [5, 5.41) is 10.4. The van der Waals surface area contributed by atoms with Crippen LogP contribution in [-0.4, -0.2) is 43.1 Å². The average Bonchev–Trinajstić information content (AvgIpc) is 2.40. The van der Waals surface area contributed by atoms with Crippen LogP contribution in [0.1, 0.15) is 30.3 Å². The summed E-state index contributed by atoms with van der Waals surface area (Å²) in [5.41, 5.74) is 0.183. The fourth-order valence-corrected chi connectivity index (χ4v) is 1.90. The highest BCUT2D eigenvalue weighted by Crippen LogP contribution is 2.01. The lowest BCUT2D eigenvalue weighted by molar-refractivity contribution is 0.0948. The number of carbonyl (C=O) groups excluding carboxylic acids is 1. The summed E-state index contributed by atoms with van der Waals surface area (Å²) in [6.45, 7) is 3.03. The smallest absolute Gasteiger partial charge is 0.271 e. The third-order valence-electron chi connectivity index (χ3n) is 2.33. The molecule has 1 amide bonds. The molecule has 0 atom stereocenters. The minimum absolute atomic E-state index is 0.168. The zero-order valence-corrected chi connectivity index (χ0v) is 12.1. The first-order valence-electron chi connectivity index (χ1n) is 6.27. The van der Waals surface area contributed by atoms with Gasteiger partial charge in [0.25, 0.3) is 5.91 Å². The number of hydrogen-bond donors (Lipinski definition) is 3.